The lowest BCUT2D eigenvalue weighted by atomic mass is 9.95. The average Bonchev–Trinajstić information content (AvgIpc) is 3.40. The molecular weight excluding hydrogens is 681 g/mol. The number of quaternary nitrogens is 1. The Bertz CT molecular complexity index is 1400. The summed E-state index contributed by atoms with van der Waals surface area (Å²) in [5.41, 5.74) is 1.12. The second-order valence-corrected chi connectivity index (χ2v) is 16.2. The summed E-state index contributed by atoms with van der Waals surface area (Å²) < 4.78 is 5.85. The number of amides is 3. The summed E-state index contributed by atoms with van der Waals surface area (Å²) in [4.78, 5) is 51.2. The zero-order valence-corrected chi connectivity index (χ0v) is 32.7. The summed E-state index contributed by atoms with van der Waals surface area (Å²) in [5.74, 6) is -2.59. The Morgan fingerprint density at radius 2 is 1.40 bits per heavy atom. The quantitative estimate of drug-likeness (QED) is 0.124. The molecule has 2 aliphatic heterocycles. The number of phenols is 1. The molecule has 0 spiro atoms. The SMILES string of the molecule is CC1(C)S[C@@H]2C(NC(=O)C(NC(=O)OCc3ccccc3)c3ccc(O)cc3)C(=O)N2[C@H]1C(=O)[O-].CCCC[N+](CCCC)(CCCC)CCCC. The molecule has 2 unspecified atom stereocenters. The summed E-state index contributed by atoms with van der Waals surface area (Å²) >= 11 is 1.26. The molecule has 0 aliphatic carbocycles. The molecule has 288 valence electrons. The van der Waals surface area contributed by atoms with Crippen molar-refractivity contribution in [2.24, 2.45) is 0 Å². The zero-order chi connectivity index (χ0) is 38.3. The maximum atomic E-state index is 13.2. The van der Waals surface area contributed by atoms with Gasteiger partial charge in [-0.05, 0) is 62.8 Å². The number of alkyl carbamates (subject to hydrolysis) is 1. The Labute approximate surface area is 314 Å². The van der Waals surface area contributed by atoms with Crippen molar-refractivity contribution in [2.45, 2.75) is 128 Å². The van der Waals surface area contributed by atoms with E-state index in [2.05, 4.69) is 38.3 Å². The Kier molecular flexibility index (Phi) is 16.8. The highest BCUT2D eigenvalue weighted by atomic mass is 32.2. The van der Waals surface area contributed by atoms with Gasteiger partial charge in [0.2, 0.25) is 11.8 Å². The molecule has 11 nitrogen and oxygen atoms in total. The number of benzene rings is 2. The van der Waals surface area contributed by atoms with Crippen LogP contribution < -0.4 is 15.7 Å². The van der Waals surface area contributed by atoms with E-state index in [0.29, 0.717) is 5.56 Å². The third-order valence-electron chi connectivity index (χ3n) is 9.87. The highest BCUT2D eigenvalue weighted by molar-refractivity contribution is 8.01. The van der Waals surface area contributed by atoms with E-state index >= 15 is 0 Å². The van der Waals surface area contributed by atoms with Crippen LogP contribution in [0.4, 0.5) is 4.79 Å². The maximum absolute atomic E-state index is 13.2. The number of rotatable bonds is 19. The van der Waals surface area contributed by atoms with E-state index in [0.717, 1.165) is 5.56 Å². The Hall–Kier alpha value is -3.77. The molecule has 4 rings (SSSR count). The van der Waals surface area contributed by atoms with E-state index in [4.69, 9.17) is 4.74 Å². The summed E-state index contributed by atoms with van der Waals surface area (Å²) in [6.07, 6.45) is 10.2. The van der Waals surface area contributed by atoms with Crippen molar-refractivity contribution < 1.29 is 38.6 Å². The van der Waals surface area contributed by atoms with E-state index < -0.39 is 52.1 Å². The molecule has 12 heteroatoms. The third-order valence-corrected chi connectivity index (χ3v) is 11.4. The van der Waals surface area contributed by atoms with E-state index in [1.165, 1.54) is 123 Å². The number of thioether (sulfide) groups is 1. The number of nitrogens with zero attached hydrogens (tertiary/aromatic N) is 2. The average molecular weight is 741 g/mol. The number of phenolic OH excluding ortho intramolecular Hbond substituents is 1. The van der Waals surface area contributed by atoms with E-state index in [1.807, 2.05) is 6.07 Å². The smallest absolute Gasteiger partial charge is 0.408 e. The van der Waals surface area contributed by atoms with Gasteiger partial charge in [0.15, 0.2) is 0 Å². The monoisotopic (exact) mass is 740 g/mol. The second-order valence-electron chi connectivity index (χ2n) is 14.4. The number of aliphatic carboxylic acids is 1. The molecule has 0 bridgehead atoms. The molecular formula is C40H60N4O7S. The lowest BCUT2D eigenvalue weighted by Crippen LogP contribution is -2.72. The van der Waals surface area contributed by atoms with Crippen LogP contribution in [0.15, 0.2) is 54.6 Å². The molecule has 0 saturated carbocycles. The van der Waals surface area contributed by atoms with E-state index in [1.54, 1.807) is 38.1 Å². The van der Waals surface area contributed by atoms with Crippen molar-refractivity contribution in [2.75, 3.05) is 26.2 Å². The van der Waals surface area contributed by atoms with Gasteiger partial charge in [-0.2, -0.15) is 0 Å². The molecule has 0 radical (unpaired) electrons. The number of hydrogen-bond donors (Lipinski definition) is 3. The van der Waals surface area contributed by atoms with Crippen molar-refractivity contribution in [1.82, 2.24) is 15.5 Å². The molecule has 2 saturated heterocycles. The van der Waals surface area contributed by atoms with E-state index in [-0.39, 0.29) is 12.4 Å². The molecule has 4 atom stereocenters. The van der Waals surface area contributed by atoms with Gasteiger partial charge < -0.3 is 39.8 Å². The Morgan fingerprint density at radius 3 is 1.88 bits per heavy atom. The second kappa shape index (κ2) is 20.5. The number of β-lactam (4-membered cyclic amide) rings is 1. The first-order valence-corrected chi connectivity index (χ1v) is 19.8. The predicted molar refractivity (Wildman–Crippen MR) is 203 cm³/mol. The molecule has 2 fully saturated rings. The summed E-state index contributed by atoms with van der Waals surface area (Å²) in [7, 11) is 0. The summed E-state index contributed by atoms with van der Waals surface area (Å²) in [6.45, 7) is 18.4. The van der Waals surface area contributed by atoms with Crippen LogP contribution in [0.25, 0.3) is 0 Å². The number of nitrogens with one attached hydrogen (secondary N) is 2. The van der Waals surface area contributed by atoms with Crippen LogP contribution in [0.2, 0.25) is 0 Å². The van der Waals surface area contributed by atoms with Crippen molar-refractivity contribution in [1.29, 1.82) is 0 Å². The molecule has 2 aromatic rings. The number of fused-ring (bicyclic) bond motifs is 1. The highest BCUT2D eigenvalue weighted by Crippen LogP contribution is 2.50. The van der Waals surface area contributed by atoms with E-state index in [9.17, 15) is 29.4 Å². The third kappa shape index (κ3) is 11.6. The number of carbonyl (C=O) groups is 4. The van der Waals surface area contributed by atoms with Gasteiger partial charge in [0.25, 0.3) is 0 Å². The minimum Gasteiger partial charge on any atom is -0.548 e. The van der Waals surface area contributed by atoms with Crippen LogP contribution in [0.1, 0.15) is 110 Å². The number of carboxylic acids is 1. The molecule has 2 aliphatic rings. The number of carbonyl (C=O) groups excluding carboxylic acids is 4. The number of ether oxygens (including phenoxy) is 1. The van der Waals surface area contributed by atoms with Crippen molar-refractivity contribution >= 4 is 35.6 Å². The van der Waals surface area contributed by atoms with Crippen molar-refractivity contribution in [3.63, 3.8) is 0 Å². The fourth-order valence-electron chi connectivity index (χ4n) is 6.86. The molecule has 0 aromatic heterocycles. The summed E-state index contributed by atoms with van der Waals surface area (Å²) in [5, 5.41) is 25.8. The Morgan fingerprint density at radius 1 is 0.885 bits per heavy atom. The van der Waals surface area contributed by atoms with Gasteiger partial charge in [-0.25, -0.2) is 4.79 Å². The fraction of sp³-hybridized carbons (Fsp3) is 0.600. The normalized spacial score (nSPS) is 19.4. The van der Waals surface area contributed by atoms with Crippen LogP contribution >= 0.6 is 11.8 Å². The molecule has 3 amide bonds. The number of aromatic hydroxyl groups is 1. The van der Waals surface area contributed by atoms with Gasteiger partial charge in [-0.1, -0.05) is 95.8 Å². The van der Waals surface area contributed by atoms with Gasteiger partial charge in [0.05, 0.1) is 38.2 Å². The summed E-state index contributed by atoms with van der Waals surface area (Å²) in [6, 6.07) is 11.4. The van der Waals surface area contributed by atoms with Crippen LogP contribution in [0, 0.1) is 0 Å². The van der Waals surface area contributed by atoms with Gasteiger partial charge in [0.1, 0.15) is 29.8 Å². The van der Waals surface area contributed by atoms with Crippen LogP contribution in [0.3, 0.4) is 0 Å². The van der Waals surface area contributed by atoms with Gasteiger partial charge in [-0.15, -0.1) is 11.8 Å². The minimum absolute atomic E-state index is 0.00886. The lowest BCUT2D eigenvalue weighted by molar-refractivity contribution is -0.929. The van der Waals surface area contributed by atoms with Crippen molar-refractivity contribution in [3.8, 4) is 5.75 Å². The highest BCUT2D eigenvalue weighted by Gasteiger charge is 2.62. The van der Waals surface area contributed by atoms with Gasteiger partial charge in [0, 0.05) is 4.75 Å². The maximum Gasteiger partial charge on any atom is 0.408 e. The fourth-order valence-corrected chi connectivity index (χ4v) is 8.48. The number of hydrogen-bond acceptors (Lipinski definition) is 8. The van der Waals surface area contributed by atoms with Crippen LogP contribution in [-0.4, -0.2) is 86.7 Å². The Balaban J connectivity index is 0.000000363. The largest absolute Gasteiger partial charge is 0.548 e. The number of unbranched alkanes of at least 4 members (excludes halogenated alkanes) is 4. The van der Waals surface area contributed by atoms with Crippen molar-refractivity contribution in [3.05, 3.63) is 65.7 Å². The minimum atomic E-state index is -1.35. The zero-order valence-electron chi connectivity index (χ0n) is 31.9. The van der Waals surface area contributed by atoms with Crippen LogP contribution in [0.5, 0.6) is 5.75 Å². The first kappa shape index (κ1) is 42.6. The van der Waals surface area contributed by atoms with Gasteiger partial charge in [-0.3, -0.25) is 9.59 Å². The van der Waals surface area contributed by atoms with Gasteiger partial charge >= 0.3 is 6.09 Å². The topological polar surface area (TPSA) is 148 Å². The molecule has 2 heterocycles. The van der Waals surface area contributed by atoms with Crippen LogP contribution in [-0.2, 0) is 25.7 Å². The number of carboxylic acid groups (broad SMARTS) is 1. The standard InChI is InChI=1S/C24H25N3O7S.C16H36N/c1-24(2)18(22(31)32)27-20(30)17(21(27)35-24)25-19(29)16(14-8-10-15(28)11-9-14)26-23(33)34-12-13-6-4-3-5-7-13;1-5-9-13-17(14-10-6-2,15-11-7-3)16-12-8-4/h3-11,16-18,21,28H,12H2,1-2H3,(H,25,29)(H,26,33)(H,31,32);5-16H2,1-4H3/q;+1/p-1/t16?,17?,18-,21+;/m0./s1. The first-order valence-electron chi connectivity index (χ1n) is 18.9. The molecule has 52 heavy (non-hydrogen) atoms. The molecule has 2 aromatic carbocycles. The molecule has 3 N–H and O–H groups in total. The first-order chi connectivity index (χ1) is 24.8. The predicted octanol–water partition coefficient (Wildman–Crippen LogP) is 5.66. The lowest BCUT2D eigenvalue weighted by Gasteiger charge is -2.45.